The molecule has 0 fully saturated rings. The molecule has 0 spiro atoms. The smallest absolute Gasteiger partial charge is 0.231 e. The Kier molecular flexibility index (Phi) is 5.02. The third kappa shape index (κ3) is 3.86. The molecule has 144 valence electrons. The molecule has 0 saturated carbocycles. The molecular weight excluding hydrogens is 354 g/mol. The summed E-state index contributed by atoms with van der Waals surface area (Å²) in [6, 6.07) is 17.9. The van der Waals surface area contributed by atoms with Gasteiger partial charge in [-0.2, -0.15) is 5.10 Å². The number of H-pyrrole nitrogens is 1. The van der Waals surface area contributed by atoms with Gasteiger partial charge in [-0.05, 0) is 36.2 Å². The monoisotopic (exact) mass is 377 g/mol. The van der Waals surface area contributed by atoms with Gasteiger partial charge in [-0.3, -0.25) is 9.89 Å². The fraction of sp³-hybridized carbons (Fsp3) is 0.273. The lowest BCUT2D eigenvalue weighted by atomic mass is 9.88. The van der Waals surface area contributed by atoms with Gasteiger partial charge in [0.2, 0.25) is 12.7 Å². The Bertz CT molecular complexity index is 968. The maximum atomic E-state index is 13.0. The molecule has 6 heteroatoms. The first-order valence-corrected chi connectivity index (χ1v) is 9.29. The minimum atomic E-state index is -0.0634. The van der Waals surface area contributed by atoms with Gasteiger partial charge in [0.1, 0.15) is 0 Å². The Morgan fingerprint density at radius 1 is 1.11 bits per heavy atom. The van der Waals surface area contributed by atoms with Gasteiger partial charge < -0.3 is 14.4 Å². The highest BCUT2D eigenvalue weighted by atomic mass is 16.7. The first-order valence-electron chi connectivity index (χ1n) is 9.29. The van der Waals surface area contributed by atoms with Crippen molar-refractivity contribution >= 4 is 5.91 Å². The Balaban J connectivity index is 1.56. The zero-order valence-electron chi connectivity index (χ0n) is 16.0. The normalized spacial score (nSPS) is 13.4. The molecule has 28 heavy (non-hydrogen) atoms. The maximum absolute atomic E-state index is 13.0. The average molecular weight is 377 g/mol. The molecule has 1 aromatic heterocycles. The number of carbonyl (C=O) groups is 1. The third-order valence-electron chi connectivity index (χ3n) is 4.96. The van der Waals surface area contributed by atoms with Crippen LogP contribution in [0.25, 0.3) is 0 Å². The Morgan fingerprint density at radius 3 is 2.64 bits per heavy atom. The topological polar surface area (TPSA) is 67.5 Å². The van der Waals surface area contributed by atoms with Crippen LogP contribution in [0.1, 0.15) is 34.9 Å². The van der Waals surface area contributed by atoms with E-state index < -0.39 is 0 Å². The Hall–Kier alpha value is -3.28. The zero-order chi connectivity index (χ0) is 19.5. The predicted octanol–water partition coefficient (Wildman–Crippen LogP) is 3.63. The van der Waals surface area contributed by atoms with Crippen molar-refractivity contribution in [2.75, 3.05) is 13.8 Å². The van der Waals surface area contributed by atoms with Crippen LogP contribution >= 0.6 is 0 Å². The molecule has 3 aromatic rings. The highest BCUT2D eigenvalue weighted by molar-refractivity contribution is 5.77. The summed E-state index contributed by atoms with van der Waals surface area (Å²) in [5.74, 6) is 1.47. The summed E-state index contributed by atoms with van der Waals surface area (Å²) < 4.78 is 10.9. The SMILES string of the molecule is Cc1cc(CN(C)C(=O)C[C@@H](c2ccccc2)c2ccc3c(c2)OCO3)n[nH]1. The number of hydrogen-bond acceptors (Lipinski definition) is 4. The predicted molar refractivity (Wildman–Crippen MR) is 105 cm³/mol. The van der Waals surface area contributed by atoms with E-state index in [2.05, 4.69) is 22.3 Å². The Morgan fingerprint density at radius 2 is 1.89 bits per heavy atom. The van der Waals surface area contributed by atoms with E-state index in [1.54, 1.807) is 4.90 Å². The van der Waals surface area contributed by atoms with Gasteiger partial charge in [0, 0.05) is 25.1 Å². The maximum Gasteiger partial charge on any atom is 0.231 e. The molecule has 0 saturated heterocycles. The number of amides is 1. The number of aromatic amines is 1. The van der Waals surface area contributed by atoms with Crippen molar-refractivity contribution < 1.29 is 14.3 Å². The lowest BCUT2D eigenvalue weighted by Crippen LogP contribution is -2.28. The molecule has 1 aliphatic rings. The van der Waals surface area contributed by atoms with Gasteiger partial charge in [0.15, 0.2) is 11.5 Å². The van der Waals surface area contributed by atoms with Crippen LogP contribution in [0, 0.1) is 6.92 Å². The summed E-state index contributed by atoms with van der Waals surface area (Å²) in [6.45, 7) is 2.66. The van der Waals surface area contributed by atoms with Crippen LogP contribution in [0.2, 0.25) is 0 Å². The average Bonchev–Trinajstić information content (AvgIpc) is 3.34. The molecule has 0 bridgehead atoms. The van der Waals surface area contributed by atoms with Crippen LogP contribution in [0.3, 0.4) is 0 Å². The molecular formula is C22H23N3O3. The number of benzene rings is 2. The van der Waals surface area contributed by atoms with E-state index in [1.165, 1.54) is 0 Å². The molecule has 0 unspecified atom stereocenters. The van der Waals surface area contributed by atoms with E-state index in [0.717, 1.165) is 34.0 Å². The van der Waals surface area contributed by atoms with E-state index in [9.17, 15) is 4.79 Å². The van der Waals surface area contributed by atoms with Crippen molar-refractivity contribution in [1.82, 2.24) is 15.1 Å². The summed E-state index contributed by atoms with van der Waals surface area (Å²) in [5.41, 5.74) is 3.97. The first kappa shape index (κ1) is 18.1. The number of aromatic nitrogens is 2. The fourth-order valence-electron chi connectivity index (χ4n) is 3.46. The summed E-state index contributed by atoms with van der Waals surface area (Å²) >= 11 is 0. The minimum Gasteiger partial charge on any atom is -0.454 e. The molecule has 1 amide bonds. The summed E-state index contributed by atoms with van der Waals surface area (Å²) in [5, 5.41) is 7.14. The van der Waals surface area contributed by atoms with Gasteiger partial charge in [-0.25, -0.2) is 0 Å². The number of nitrogens with one attached hydrogen (secondary N) is 1. The summed E-state index contributed by atoms with van der Waals surface area (Å²) in [4.78, 5) is 14.7. The van der Waals surface area contributed by atoms with E-state index in [0.29, 0.717) is 13.0 Å². The first-order chi connectivity index (χ1) is 13.6. The molecule has 2 aromatic carbocycles. The molecule has 2 heterocycles. The van der Waals surface area contributed by atoms with Crippen LogP contribution in [0.5, 0.6) is 11.5 Å². The van der Waals surface area contributed by atoms with Gasteiger partial charge in [0.25, 0.3) is 0 Å². The van der Waals surface area contributed by atoms with Crippen LogP contribution < -0.4 is 9.47 Å². The van der Waals surface area contributed by atoms with Crippen molar-refractivity contribution in [3.63, 3.8) is 0 Å². The second-order valence-electron chi connectivity index (χ2n) is 7.07. The number of fused-ring (bicyclic) bond motifs is 1. The van der Waals surface area contributed by atoms with E-state index >= 15 is 0 Å². The quantitative estimate of drug-likeness (QED) is 0.712. The van der Waals surface area contributed by atoms with Crippen molar-refractivity contribution in [2.45, 2.75) is 25.8 Å². The van der Waals surface area contributed by atoms with Gasteiger partial charge >= 0.3 is 0 Å². The largest absolute Gasteiger partial charge is 0.454 e. The molecule has 1 aliphatic heterocycles. The summed E-state index contributed by atoms with van der Waals surface area (Å²) in [6.07, 6.45) is 0.365. The van der Waals surface area contributed by atoms with Gasteiger partial charge in [-0.1, -0.05) is 36.4 Å². The molecule has 6 nitrogen and oxygen atoms in total. The van der Waals surface area contributed by atoms with Crippen molar-refractivity contribution in [2.24, 2.45) is 0 Å². The van der Waals surface area contributed by atoms with Gasteiger partial charge in [-0.15, -0.1) is 0 Å². The van der Waals surface area contributed by atoms with E-state index in [4.69, 9.17) is 9.47 Å². The molecule has 1 N–H and O–H groups in total. The number of aryl methyl sites for hydroxylation is 1. The van der Waals surface area contributed by atoms with Gasteiger partial charge in [0.05, 0.1) is 12.2 Å². The minimum absolute atomic E-state index is 0.0622. The number of carbonyl (C=O) groups excluding carboxylic acids is 1. The fourth-order valence-corrected chi connectivity index (χ4v) is 3.46. The summed E-state index contributed by atoms with van der Waals surface area (Å²) in [7, 11) is 1.81. The zero-order valence-corrected chi connectivity index (χ0v) is 16.0. The van der Waals surface area contributed by atoms with E-state index in [-0.39, 0.29) is 18.6 Å². The van der Waals surface area contributed by atoms with Crippen molar-refractivity contribution in [1.29, 1.82) is 0 Å². The number of ether oxygens (including phenoxy) is 2. The highest BCUT2D eigenvalue weighted by Gasteiger charge is 2.23. The van der Waals surface area contributed by atoms with Crippen LogP contribution in [-0.2, 0) is 11.3 Å². The van der Waals surface area contributed by atoms with E-state index in [1.807, 2.05) is 56.4 Å². The van der Waals surface area contributed by atoms with Crippen LogP contribution in [0.4, 0.5) is 0 Å². The third-order valence-corrected chi connectivity index (χ3v) is 4.96. The second-order valence-corrected chi connectivity index (χ2v) is 7.07. The molecule has 0 radical (unpaired) electrons. The highest BCUT2D eigenvalue weighted by Crippen LogP contribution is 2.37. The lowest BCUT2D eigenvalue weighted by Gasteiger charge is -2.22. The lowest BCUT2D eigenvalue weighted by molar-refractivity contribution is -0.130. The van der Waals surface area contributed by atoms with Crippen molar-refractivity contribution in [3.05, 3.63) is 77.1 Å². The number of rotatable bonds is 6. The molecule has 0 aliphatic carbocycles. The molecule has 4 rings (SSSR count). The second kappa shape index (κ2) is 7.76. The molecule has 1 atom stereocenters. The number of hydrogen-bond donors (Lipinski definition) is 1. The Labute approximate surface area is 164 Å². The standard InChI is InChI=1S/C22H23N3O3/c1-15-10-18(24-23-15)13-25(2)22(26)12-19(16-6-4-3-5-7-16)17-8-9-20-21(11-17)28-14-27-20/h3-11,19H,12-14H2,1-2H3,(H,23,24)/t19-/m0/s1. The number of nitrogens with zero attached hydrogens (tertiary/aromatic N) is 2. The van der Waals surface area contributed by atoms with Crippen LogP contribution in [-0.4, -0.2) is 34.8 Å². The van der Waals surface area contributed by atoms with Crippen molar-refractivity contribution in [3.8, 4) is 11.5 Å². The van der Waals surface area contributed by atoms with Crippen LogP contribution in [0.15, 0.2) is 54.6 Å².